The van der Waals surface area contributed by atoms with Crippen LogP contribution >= 0.6 is 0 Å². The van der Waals surface area contributed by atoms with Crippen molar-refractivity contribution in [2.45, 2.75) is 34.0 Å². The molecule has 0 bridgehead atoms. The SMILES string of the molecule is CC(=O)Oc1cc(-c2oc3cc(OCc4ccccc4)cc(OC(C)=O)c3c(=O)c2OC(C)=O)ccc1OCc1ccccc1. The highest BCUT2D eigenvalue weighted by Crippen LogP contribution is 2.40. The van der Waals surface area contributed by atoms with Crippen molar-refractivity contribution >= 4 is 28.9 Å². The zero-order chi connectivity index (χ0) is 31.9. The van der Waals surface area contributed by atoms with Crippen molar-refractivity contribution in [1.29, 1.82) is 0 Å². The van der Waals surface area contributed by atoms with Gasteiger partial charge < -0.3 is 28.1 Å². The number of fused-ring (bicyclic) bond motifs is 1. The molecule has 45 heavy (non-hydrogen) atoms. The van der Waals surface area contributed by atoms with Crippen molar-refractivity contribution in [3.05, 3.63) is 112 Å². The highest BCUT2D eigenvalue weighted by Gasteiger charge is 2.25. The van der Waals surface area contributed by atoms with Gasteiger partial charge in [0, 0.05) is 38.5 Å². The topological polar surface area (TPSA) is 128 Å². The molecular formula is C35H28O10. The van der Waals surface area contributed by atoms with E-state index in [0.29, 0.717) is 0 Å². The van der Waals surface area contributed by atoms with Crippen molar-refractivity contribution in [2.24, 2.45) is 0 Å². The molecule has 0 aliphatic carbocycles. The Kier molecular flexibility index (Phi) is 9.23. The van der Waals surface area contributed by atoms with E-state index in [2.05, 4.69) is 0 Å². The van der Waals surface area contributed by atoms with Gasteiger partial charge >= 0.3 is 17.9 Å². The zero-order valence-electron chi connectivity index (χ0n) is 24.7. The lowest BCUT2D eigenvalue weighted by Gasteiger charge is -2.15. The first-order chi connectivity index (χ1) is 21.7. The maximum atomic E-state index is 13.9. The number of esters is 3. The average Bonchev–Trinajstić information content (AvgIpc) is 3.01. The van der Waals surface area contributed by atoms with Gasteiger partial charge in [0.05, 0.1) is 0 Å². The van der Waals surface area contributed by atoms with Gasteiger partial charge in [0.25, 0.3) is 0 Å². The Morgan fingerprint density at radius 2 is 1.20 bits per heavy atom. The van der Waals surface area contributed by atoms with Gasteiger partial charge in [0.2, 0.25) is 11.2 Å². The van der Waals surface area contributed by atoms with Crippen LogP contribution in [0.25, 0.3) is 22.3 Å². The molecule has 0 aliphatic heterocycles. The van der Waals surface area contributed by atoms with E-state index in [0.717, 1.165) is 18.1 Å². The average molecular weight is 609 g/mol. The van der Waals surface area contributed by atoms with Crippen LogP contribution in [0.4, 0.5) is 0 Å². The fourth-order valence-electron chi connectivity index (χ4n) is 4.47. The summed E-state index contributed by atoms with van der Waals surface area (Å²) in [5.41, 5.74) is 1.23. The number of hydrogen-bond donors (Lipinski definition) is 0. The summed E-state index contributed by atoms with van der Waals surface area (Å²) in [5.74, 6) is -2.26. The lowest BCUT2D eigenvalue weighted by atomic mass is 10.1. The van der Waals surface area contributed by atoms with E-state index in [1.54, 1.807) is 12.1 Å². The van der Waals surface area contributed by atoms with Crippen molar-refractivity contribution < 1.29 is 42.5 Å². The summed E-state index contributed by atoms with van der Waals surface area (Å²) >= 11 is 0. The summed E-state index contributed by atoms with van der Waals surface area (Å²) in [5, 5.41) is -0.139. The van der Waals surface area contributed by atoms with Gasteiger partial charge in [-0.1, -0.05) is 60.7 Å². The highest BCUT2D eigenvalue weighted by molar-refractivity contribution is 5.91. The molecule has 0 saturated heterocycles. The first kappa shape index (κ1) is 30.6. The molecule has 1 heterocycles. The highest BCUT2D eigenvalue weighted by atomic mass is 16.6. The maximum absolute atomic E-state index is 13.9. The molecule has 0 unspecified atom stereocenters. The lowest BCUT2D eigenvalue weighted by molar-refractivity contribution is -0.133. The zero-order valence-corrected chi connectivity index (χ0v) is 24.7. The van der Waals surface area contributed by atoms with E-state index in [4.69, 9.17) is 28.1 Å². The third-order valence-corrected chi connectivity index (χ3v) is 6.34. The van der Waals surface area contributed by atoms with Crippen LogP contribution in [-0.4, -0.2) is 17.9 Å². The molecule has 5 rings (SSSR count). The normalized spacial score (nSPS) is 10.6. The molecule has 0 fully saturated rings. The second kappa shape index (κ2) is 13.6. The summed E-state index contributed by atoms with van der Waals surface area (Å²) in [6.07, 6.45) is 0. The Morgan fingerprint density at radius 3 is 1.80 bits per heavy atom. The molecule has 0 spiro atoms. The predicted octanol–water partition coefficient (Wildman–Crippen LogP) is 6.39. The van der Waals surface area contributed by atoms with Crippen LogP contribution in [0.1, 0.15) is 31.9 Å². The molecule has 5 aromatic rings. The van der Waals surface area contributed by atoms with E-state index in [1.165, 1.54) is 32.0 Å². The third kappa shape index (κ3) is 7.55. The van der Waals surface area contributed by atoms with Crippen LogP contribution in [0.3, 0.4) is 0 Å². The minimum atomic E-state index is -0.789. The quantitative estimate of drug-likeness (QED) is 0.130. The molecule has 0 atom stereocenters. The number of hydrogen-bond acceptors (Lipinski definition) is 10. The molecule has 0 radical (unpaired) electrons. The first-order valence-electron chi connectivity index (χ1n) is 13.9. The molecule has 228 valence electrons. The number of benzene rings is 4. The molecule has 4 aromatic carbocycles. The van der Waals surface area contributed by atoms with Crippen LogP contribution in [0.2, 0.25) is 0 Å². The van der Waals surface area contributed by atoms with Gasteiger partial charge in [0.1, 0.15) is 35.7 Å². The molecule has 10 heteroatoms. The predicted molar refractivity (Wildman–Crippen MR) is 163 cm³/mol. The van der Waals surface area contributed by atoms with Crippen LogP contribution < -0.4 is 29.1 Å². The third-order valence-electron chi connectivity index (χ3n) is 6.34. The first-order valence-corrected chi connectivity index (χ1v) is 13.9. The number of ether oxygens (including phenoxy) is 5. The minimum Gasteiger partial charge on any atom is -0.489 e. The summed E-state index contributed by atoms with van der Waals surface area (Å²) < 4.78 is 34.1. The van der Waals surface area contributed by atoms with Crippen molar-refractivity contribution in [3.63, 3.8) is 0 Å². The van der Waals surface area contributed by atoms with Gasteiger partial charge in [-0.2, -0.15) is 0 Å². The second-order valence-electron chi connectivity index (χ2n) is 9.87. The van der Waals surface area contributed by atoms with Crippen molar-refractivity contribution in [2.75, 3.05) is 0 Å². The van der Waals surface area contributed by atoms with E-state index in [9.17, 15) is 19.2 Å². The van der Waals surface area contributed by atoms with Crippen LogP contribution in [0.5, 0.6) is 28.7 Å². The smallest absolute Gasteiger partial charge is 0.308 e. The molecule has 10 nitrogen and oxygen atoms in total. The summed E-state index contributed by atoms with van der Waals surface area (Å²) in [6.45, 7) is 3.94. The van der Waals surface area contributed by atoms with Crippen LogP contribution in [-0.2, 0) is 27.6 Å². The van der Waals surface area contributed by atoms with Gasteiger partial charge in [-0.05, 0) is 29.3 Å². The summed E-state index contributed by atoms with van der Waals surface area (Å²) in [6, 6.07) is 26.2. The standard InChI is InChI=1S/C35H28O10/c1-21(36)42-29-16-26(14-15-28(29)41-20-25-12-8-5-9-13-25)34-35(44-23(3)38)33(39)32-30(43-22(2)37)17-27(18-31(32)45-34)40-19-24-10-6-4-7-11-24/h4-18H,19-20H2,1-3H3. The van der Waals surface area contributed by atoms with Gasteiger partial charge in [-0.3, -0.25) is 19.2 Å². The Balaban J connectivity index is 1.63. The molecular weight excluding hydrogens is 580 g/mol. The van der Waals surface area contributed by atoms with Crippen molar-refractivity contribution in [3.8, 4) is 40.1 Å². The van der Waals surface area contributed by atoms with Crippen LogP contribution in [0.15, 0.2) is 100 Å². The summed E-state index contributed by atoms with van der Waals surface area (Å²) in [4.78, 5) is 49.9. The molecule has 0 saturated carbocycles. The number of rotatable bonds is 10. The Labute approximate surface area is 257 Å². The van der Waals surface area contributed by atoms with E-state index >= 15 is 0 Å². The minimum absolute atomic E-state index is 0.00819. The second-order valence-corrected chi connectivity index (χ2v) is 9.87. The van der Waals surface area contributed by atoms with E-state index in [1.807, 2.05) is 60.7 Å². The Hall–Kier alpha value is -5.90. The molecule has 1 aromatic heterocycles. The largest absolute Gasteiger partial charge is 0.489 e. The molecule has 0 amide bonds. The number of carbonyl (C=O) groups excluding carboxylic acids is 3. The van der Waals surface area contributed by atoms with E-state index in [-0.39, 0.29) is 58.5 Å². The molecule has 0 aliphatic rings. The van der Waals surface area contributed by atoms with Crippen molar-refractivity contribution in [1.82, 2.24) is 0 Å². The monoisotopic (exact) mass is 608 g/mol. The van der Waals surface area contributed by atoms with Gasteiger partial charge in [-0.15, -0.1) is 0 Å². The Morgan fingerprint density at radius 1 is 0.622 bits per heavy atom. The fourth-order valence-corrected chi connectivity index (χ4v) is 4.47. The maximum Gasteiger partial charge on any atom is 0.308 e. The fraction of sp³-hybridized carbons (Fsp3) is 0.143. The van der Waals surface area contributed by atoms with E-state index < -0.39 is 29.1 Å². The molecule has 0 N–H and O–H groups in total. The van der Waals surface area contributed by atoms with Gasteiger partial charge in [0.15, 0.2) is 17.3 Å². The number of carbonyl (C=O) groups is 3. The van der Waals surface area contributed by atoms with Crippen LogP contribution in [0, 0.1) is 0 Å². The lowest BCUT2D eigenvalue weighted by Crippen LogP contribution is -2.15. The summed E-state index contributed by atoms with van der Waals surface area (Å²) in [7, 11) is 0. The van der Waals surface area contributed by atoms with Gasteiger partial charge in [-0.25, -0.2) is 0 Å². The Bertz CT molecular complexity index is 1930.